The summed E-state index contributed by atoms with van der Waals surface area (Å²) in [6.07, 6.45) is 5.20. The molecule has 2 unspecified atom stereocenters. The molecule has 1 saturated heterocycles. The lowest BCUT2D eigenvalue weighted by Gasteiger charge is -2.16. The van der Waals surface area contributed by atoms with Gasteiger partial charge in [0.05, 0.1) is 12.7 Å². The summed E-state index contributed by atoms with van der Waals surface area (Å²) in [5.74, 6) is -0.449. The molecule has 1 heterocycles. The molecule has 0 aromatic heterocycles. The fourth-order valence-corrected chi connectivity index (χ4v) is 2.01. The highest BCUT2D eigenvalue weighted by Crippen LogP contribution is 2.27. The molecule has 0 aromatic carbocycles. The van der Waals surface area contributed by atoms with Crippen LogP contribution in [0.15, 0.2) is 0 Å². The lowest BCUT2D eigenvalue weighted by atomic mass is 10.2. The zero-order valence-electron chi connectivity index (χ0n) is 11.1. The van der Waals surface area contributed by atoms with E-state index in [0.717, 1.165) is 13.0 Å². The van der Waals surface area contributed by atoms with Crippen LogP contribution in [0.1, 0.15) is 53.4 Å². The predicted octanol–water partition coefficient (Wildman–Crippen LogP) is 3.12. The Balaban J connectivity index is 2.05. The van der Waals surface area contributed by atoms with Crippen molar-refractivity contribution in [1.82, 2.24) is 0 Å². The highest BCUT2D eigenvalue weighted by Gasteiger charge is 2.38. The maximum Gasteiger partial charge on any atom is 0.163 e. The van der Waals surface area contributed by atoms with Crippen LogP contribution in [0.2, 0.25) is 0 Å². The van der Waals surface area contributed by atoms with Crippen LogP contribution in [-0.2, 0) is 14.2 Å². The second-order valence-corrected chi connectivity index (χ2v) is 5.01. The Morgan fingerprint density at radius 3 is 2.44 bits per heavy atom. The first-order chi connectivity index (χ1) is 7.55. The molecule has 0 spiro atoms. The Kier molecular flexibility index (Phi) is 5.73. The number of hydrogen-bond acceptors (Lipinski definition) is 3. The Bertz CT molecular complexity index is 192. The molecule has 0 aliphatic carbocycles. The average molecular weight is 230 g/mol. The van der Waals surface area contributed by atoms with Gasteiger partial charge in [-0.1, -0.05) is 26.2 Å². The van der Waals surface area contributed by atoms with Crippen molar-refractivity contribution < 1.29 is 14.2 Å². The summed E-state index contributed by atoms with van der Waals surface area (Å²) in [4.78, 5) is 0. The van der Waals surface area contributed by atoms with Crippen LogP contribution in [0.5, 0.6) is 0 Å². The zero-order chi connectivity index (χ0) is 12.0. The summed E-state index contributed by atoms with van der Waals surface area (Å²) < 4.78 is 17.0. The van der Waals surface area contributed by atoms with Gasteiger partial charge in [-0.15, -0.1) is 0 Å². The minimum atomic E-state index is -0.449. The van der Waals surface area contributed by atoms with E-state index in [1.807, 2.05) is 20.8 Å². The Hall–Kier alpha value is -0.120. The third kappa shape index (κ3) is 4.81. The summed E-state index contributed by atoms with van der Waals surface area (Å²) in [6, 6.07) is 0. The second kappa shape index (κ2) is 6.58. The molecule has 0 amide bonds. The Morgan fingerprint density at radius 2 is 1.88 bits per heavy atom. The minimum Gasteiger partial charge on any atom is -0.379 e. The van der Waals surface area contributed by atoms with Crippen LogP contribution in [0.25, 0.3) is 0 Å². The minimum absolute atomic E-state index is 0.0844. The van der Waals surface area contributed by atoms with Gasteiger partial charge in [0, 0.05) is 6.61 Å². The van der Waals surface area contributed by atoms with Gasteiger partial charge < -0.3 is 14.2 Å². The zero-order valence-corrected chi connectivity index (χ0v) is 11.1. The normalized spacial score (nSPS) is 28.5. The van der Waals surface area contributed by atoms with E-state index in [1.54, 1.807) is 0 Å². The van der Waals surface area contributed by atoms with Crippen LogP contribution in [0.3, 0.4) is 0 Å². The van der Waals surface area contributed by atoms with Crippen molar-refractivity contribution >= 4 is 0 Å². The third-order valence-electron chi connectivity index (χ3n) is 2.85. The van der Waals surface area contributed by atoms with Gasteiger partial charge in [-0.3, -0.25) is 0 Å². The van der Waals surface area contributed by atoms with Gasteiger partial charge in [-0.25, -0.2) is 0 Å². The van der Waals surface area contributed by atoms with Crippen molar-refractivity contribution in [1.29, 1.82) is 0 Å². The van der Waals surface area contributed by atoms with Crippen molar-refractivity contribution in [2.45, 2.75) is 71.4 Å². The van der Waals surface area contributed by atoms with Crippen molar-refractivity contribution in [3.8, 4) is 0 Å². The van der Waals surface area contributed by atoms with Crippen LogP contribution in [0, 0.1) is 0 Å². The maximum absolute atomic E-state index is 5.74. The van der Waals surface area contributed by atoms with E-state index < -0.39 is 5.79 Å². The summed E-state index contributed by atoms with van der Waals surface area (Å²) in [6.45, 7) is 9.65. The quantitative estimate of drug-likeness (QED) is 0.629. The monoisotopic (exact) mass is 230 g/mol. The van der Waals surface area contributed by atoms with Crippen LogP contribution in [0.4, 0.5) is 0 Å². The van der Waals surface area contributed by atoms with Gasteiger partial charge in [0.15, 0.2) is 5.79 Å². The first-order valence-electron chi connectivity index (χ1n) is 6.48. The molecule has 0 saturated carbocycles. The number of unbranched alkanes of at least 4 members (excludes halogenated alkanes) is 3. The van der Waals surface area contributed by atoms with E-state index in [2.05, 4.69) is 6.92 Å². The van der Waals surface area contributed by atoms with Gasteiger partial charge in [-0.2, -0.15) is 0 Å². The summed E-state index contributed by atoms with van der Waals surface area (Å²) in [5.41, 5.74) is 0. The molecule has 96 valence electrons. The third-order valence-corrected chi connectivity index (χ3v) is 2.85. The Morgan fingerprint density at radius 1 is 1.12 bits per heavy atom. The second-order valence-electron chi connectivity index (χ2n) is 5.01. The lowest BCUT2D eigenvalue weighted by molar-refractivity contribution is -0.149. The fourth-order valence-electron chi connectivity index (χ4n) is 2.01. The molecule has 0 bridgehead atoms. The highest BCUT2D eigenvalue weighted by molar-refractivity contribution is 4.77. The summed E-state index contributed by atoms with van der Waals surface area (Å²) in [7, 11) is 0. The molecular formula is C13H26O3. The predicted molar refractivity (Wildman–Crippen MR) is 64.5 cm³/mol. The highest BCUT2D eigenvalue weighted by atomic mass is 16.8. The maximum atomic E-state index is 5.74. The van der Waals surface area contributed by atoms with E-state index in [1.165, 1.54) is 19.3 Å². The molecule has 3 heteroatoms. The van der Waals surface area contributed by atoms with Crippen molar-refractivity contribution in [3.63, 3.8) is 0 Å². The largest absolute Gasteiger partial charge is 0.379 e. The van der Waals surface area contributed by atoms with Gasteiger partial charge in [-0.05, 0) is 27.2 Å². The van der Waals surface area contributed by atoms with Gasteiger partial charge in [0.1, 0.15) is 6.10 Å². The van der Waals surface area contributed by atoms with E-state index >= 15 is 0 Å². The van der Waals surface area contributed by atoms with Gasteiger partial charge in [0.2, 0.25) is 0 Å². The molecule has 3 nitrogen and oxygen atoms in total. The Labute approximate surface area is 99.5 Å². The summed E-state index contributed by atoms with van der Waals surface area (Å²) >= 11 is 0. The van der Waals surface area contributed by atoms with Crippen LogP contribution in [-0.4, -0.2) is 31.2 Å². The number of rotatable bonds is 7. The molecular weight excluding hydrogens is 204 g/mol. The molecule has 2 atom stereocenters. The van der Waals surface area contributed by atoms with Crippen molar-refractivity contribution in [2.75, 3.05) is 13.2 Å². The van der Waals surface area contributed by atoms with Crippen LogP contribution >= 0.6 is 0 Å². The molecule has 1 rings (SSSR count). The molecule has 1 aliphatic heterocycles. The SMILES string of the molecule is CCCCCCOCC1OC(C)(C)OC1C. The smallest absolute Gasteiger partial charge is 0.163 e. The van der Waals surface area contributed by atoms with E-state index in [9.17, 15) is 0 Å². The molecule has 1 fully saturated rings. The van der Waals surface area contributed by atoms with E-state index in [-0.39, 0.29) is 12.2 Å². The van der Waals surface area contributed by atoms with E-state index in [0.29, 0.717) is 6.61 Å². The van der Waals surface area contributed by atoms with Crippen molar-refractivity contribution in [3.05, 3.63) is 0 Å². The fraction of sp³-hybridized carbons (Fsp3) is 1.00. The first-order valence-corrected chi connectivity index (χ1v) is 6.48. The number of ether oxygens (including phenoxy) is 3. The van der Waals surface area contributed by atoms with Crippen LogP contribution < -0.4 is 0 Å². The van der Waals surface area contributed by atoms with Crippen molar-refractivity contribution in [2.24, 2.45) is 0 Å². The number of hydrogen-bond donors (Lipinski definition) is 0. The standard InChI is InChI=1S/C13H26O3/c1-5-6-7-8-9-14-10-12-11(2)15-13(3,4)16-12/h11-12H,5-10H2,1-4H3. The molecule has 0 aromatic rings. The topological polar surface area (TPSA) is 27.7 Å². The van der Waals surface area contributed by atoms with E-state index in [4.69, 9.17) is 14.2 Å². The molecule has 16 heavy (non-hydrogen) atoms. The lowest BCUT2D eigenvalue weighted by Crippen LogP contribution is -2.26. The molecule has 1 aliphatic rings. The van der Waals surface area contributed by atoms with Gasteiger partial charge >= 0.3 is 0 Å². The first kappa shape index (κ1) is 13.9. The molecule has 0 radical (unpaired) electrons. The summed E-state index contributed by atoms with van der Waals surface area (Å²) in [5, 5.41) is 0. The molecule has 0 N–H and O–H groups in total. The average Bonchev–Trinajstić information content (AvgIpc) is 2.45. The van der Waals surface area contributed by atoms with Gasteiger partial charge in [0.25, 0.3) is 0 Å².